The molecule has 2 fully saturated rings. The first-order chi connectivity index (χ1) is 12.2. The molecule has 0 aromatic carbocycles. The molecule has 2 aromatic heterocycles. The minimum atomic E-state index is 0.464. The standard InChI is InChI=1S/C17H25N7O/c1-23-5-7-24(8-6-23)17-18-10-13(11-25-2)16(20-17)19-15-9-14(21-22-15)12-3-4-12/h9-10,12H,3-8,11H2,1-2H3,(H2,18,19,20,21,22). The second-order valence-corrected chi connectivity index (χ2v) is 6.87. The van der Waals surface area contributed by atoms with E-state index in [-0.39, 0.29) is 0 Å². The lowest BCUT2D eigenvalue weighted by atomic mass is 10.3. The van der Waals surface area contributed by atoms with Gasteiger partial charge in [0.25, 0.3) is 0 Å². The summed E-state index contributed by atoms with van der Waals surface area (Å²) < 4.78 is 5.29. The van der Waals surface area contributed by atoms with Gasteiger partial charge in [0.15, 0.2) is 5.82 Å². The molecule has 1 saturated carbocycles. The molecule has 0 bridgehead atoms. The first-order valence-electron chi connectivity index (χ1n) is 8.83. The summed E-state index contributed by atoms with van der Waals surface area (Å²) in [6.07, 6.45) is 4.34. The average molecular weight is 343 g/mol. The molecule has 0 amide bonds. The van der Waals surface area contributed by atoms with E-state index in [1.54, 1.807) is 7.11 Å². The Balaban J connectivity index is 1.55. The van der Waals surface area contributed by atoms with Crippen LogP contribution in [0.5, 0.6) is 0 Å². The molecule has 134 valence electrons. The number of likely N-dealkylation sites (N-methyl/N-ethyl adjacent to an activating group) is 1. The van der Waals surface area contributed by atoms with Crippen LogP contribution in [0, 0.1) is 0 Å². The summed E-state index contributed by atoms with van der Waals surface area (Å²) in [4.78, 5) is 13.8. The van der Waals surface area contributed by atoms with Gasteiger partial charge in [-0.1, -0.05) is 0 Å². The highest BCUT2D eigenvalue weighted by Crippen LogP contribution is 2.39. The van der Waals surface area contributed by atoms with Crippen molar-refractivity contribution >= 4 is 17.6 Å². The summed E-state index contributed by atoms with van der Waals surface area (Å²) in [6.45, 7) is 4.39. The van der Waals surface area contributed by atoms with Gasteiger partial charge in [0.2, 0.25) is 5.95 Å². The Labute approximate surface area is 147 Å². The molecule has 2 aliphatic rings. The zero-order chi connectivity index (χ0) is 17.2. The molecule has 1 aliphatic heterocycles. The lowest BCUT2D eigenvalue weighted by molar-refractivity contribution is 0.185. The lowest BCUT2D eigenvalue weighted by Crippen LogP contribution is -2.45. The maximum Gasteiger partial charge on any atom is 0.227 e. The molecule has 1 saturated heterocycles. The summed E-state index contributed by atoms with van der Waals surface area (Å²) in [5.41, 5.74) is 2.13. The van der Waals surface area contributed by atoms with Crippen molar-refractivity contribution in [1.29, 1.82) is 0 Å². The Morgan fingerprint density at radius 2 is 2.08 bits per heavy atom. The maximum absolute atomic E-state index is 5.29. The van der Waals surface area contributed by atoms with Crippen LogP contribution in [0.1, 0.15) is 30.0 Å². The molecule has 8 heteroatoms. The number of H-pyrrole nitrogens is 1. The monoisotopic (exact) mass is 343 g/mol. The zero-order valence-corrected chi connectivity index (χ0v) is 14.8. The largest absolute Gasteiger partial charge is 0.380 e. The van der Waals surface area contributed by atoms with Crippen LogP contribution in [0.2, 0.25) is 0 Å². The van der Waals surface area contributed by atoms with E-state index in [2.05, 4.69) is 43.4 Å². The number of nitrogens with zero attached hydrogens (tertiary/aromatic N) is 5. The highest BCUT2D eigenvalue weighted by atomic mass is 16.5. The van der Waals surface area contributed by atoms with Crippen LogP contribution < -0.4 is 10.2 Å². The number of anilines is 3. The highest BCUT2D eigenvalue weighted by molar-refractivity contribution is 5.58. The van der Waals surface area contributed by atoms with Crippen molar-refractivity contribution in [3.05, 3.63) is 23.5 Å². The van der Waals surface area contributed by atoms with Crippen LogP contribution in [-0.4, -0.2) is 65.4 Å². The number of rotatable bonds is 6. The quantitative estimate of drug-likeness (QED) is 0.826. The Morgan fingerprint density at radius 1 is 1.28 bits per heavy atom. The SMILES string of the molecule is COCc1cnc(N2CCN(C)CC2)nc1Nc1cc(C2CC2)[nH]n1. The second-order valence-electron chi connectivity index (χ2n) is 6.87. The Bertz CT molecular complexity index is 720. The average Bonchev–Trinajstić information content (AvgIpc) is 3.37. The van der Waals surface area contributed by atoms with Crippen LogP contribution in [0.3, 0.4) is 0 Å². The fourth-order valence-electron chi connectivity index (χ4n) is 3.05. The number of aromatic nitrogens is 4. The molecule has 25 heavy (non-hydrogen) atoms. The molecule has 2 N–H and O–H groups in total. The Kier molecular flexibility index (Phi) is 4.54. The zero-order valence-electron chi connectivity index (χ0n) is 14.8. The van der Waals surface area contributed by atoms with E-state index < -0.39 is 0 Å². The summed E-state index contributed by atoms with van der Waals surface area (Å²) >= 11 is 0. The Hall–Kier alpha value is -2.19. The topological polar surface area (TPSA) is 82.2 Å². The van der Waals surface area contributed by atoms with Crippen molar-refractivity contribution in [2.24, 2.45) is 0 Å². The van der Waals surface area contributed by atoms with Gasteiger partial charge in [-0.05, 0) is 19.9 Å². The predicted molar refractivity (Wildman–Crippen MR) is 96.3 cm³/mol. The van der Waals surface area contributed by atoms with Gasteiger partial charge in [-0.15, -0.1) is 0 Å². The second kappa shape index (κ2) is 6.97. The number of methoxy groups -OCH3 is 1. The minimum absolute atomic E-state index is 0.464. The van der Waals surface area contributed by atoms with E-state index in [4.69, 9.17) is 9.72 Å². The fraction of sp³-hybridized carbons (Fsp3) is 0.588. The molecule has 0 unspecified atom stereocenters. The third-order valence-electron chi connectivity index (χ3n) is 4.80. The first kappa shape index (κ1) is 16.3. The van der Waals surface area contributed by atoms with Gasteiger partial charge >= 0.3 is 0 Å². The Morgan fingerprint density at radius 3 is 2.80 bits per heavy atom. The number of hydrogen-bond donors (Lipinski definition) is 2. The van der Waals surface area contributed by atoms with Gasteiger partial charge in [0, 0.05) is 62.7 Å². The molecule has 2 aromatic rings. The van der Waals surface area contributed by atoms with E-state index >= 15 is 0 Å². The summed E-state index contributed by atoms with van der Waals surface area (Å²) in [5.74, 6) is 2.96. The summed E-state index contributed by atoms with van der Waals surface area (Å²) in [5, 5.41) is 10.8. The molecular weight excluding hydrogens is 318 g/mol. The molecule has 0 atom stereocenters. The number of aromatic amines is 1. The van der Waals surface area contributed by atoms with Crippen molar-refractivity contribution < 1.29 is 4.74 Å². The molecule has 3 heterocycles. The van der Waals surface area contributed by atoms with Crippen molar-refractivity contribution in [2.75, 3.05) is 50.6 Å². The normalized spacial score (nSPS) is 18.6. The summed E-state index contributed by atoms with van der Waals surface area (Å²) in [7, 11) is 3.82. The van der Waals surface area contributed by atoms with Gasteiger partial charge < -0.3 is 19.9 Å². The van der Waals surface area contributed by atoms with Crippen LogP contribution in [0.25, 0.3) is 0 Å². The number of nitrogens with one attached hydrogen (secondary N) is 2. The van der Waals surface area contributed by atoms with Crippen molar-refractivity contribution in [2.45, 2.75) is 25.4 Å². The van der Waals surface area contributed by atoms with Crippen LogP contribution >= 0.6 is 0 Å². The summed E-state index contributed by atoms with van der Waals surface area (Å²) in [6, 6.07) is 2.08. The van der Waals surface area contributed by atoms with Crippen molar-refractivity contribution in [3.63, 3.8) is 0 Å². The van der Waals surface area contributed by atoms with Gasteiger partial charge in [-0.25, -0.2) is 4.98 Å². The van der Waals surface area contributed by atoms with E-state index in [0.717, 1.165) is 49.3 Å². The molecule has 8 nitrogen and oxygen atoms in total. The van der Waals surface area contributed by atoms with Crippen LogP contribution in [0.4, 0.5) is 17.6 Å². The smallest absolute Gasteiger partial charge is 0.227 e. The van der Waals surface area contributed by atoms with Gasteiger partial charge in [0.1, 0.15) is 5.82 Å². The van der Waals surface area contributed by atoms with E-state index in [0.29, 0.717) is 12.5 Å². The maximum atomic E-state index is 5.29. The van der Waals surface area contributed by atoms with E-state index in [1.807, 2.05) is 6.20 Å². The highest BCUT2D eigenvalue weighted by Gasteiger charge is 2.26. The molecule has 1 aliphatic carbocycles. The molecule has 0 radical (unpaired) electrons. The van der Waals surface area contributed by atoms with Gasteiger partial charge in [-0.2, -0.15) is 10.1 Å². The fourth-order valence-corrected chi connectivity index (χ4v) is 3.05. The van der Waals surface area contributed by atoms with Gasteiger partial charge in [-0.3, -0.25) is 5.10 Å². The molecule has 4 rings (SSSR count). The first-order valence-corrected chi connectivity index (χ1v) is 8.83. The molecule has 0 spiro atoms. The number of piperazine rings is 1. The van der Waals surface area contributed by atoms with E-state index in [1.165, 1.54) is 18.5 Å². The van der Waals surface area contributed by atoms with Crippen LogP contribution in [-0.2, 0) is 11.3 Å². The van der Waals surface area contributed by atoms with Crippen molar-refractivity contribution in [3.8, 4) is 0 Å². The van der Waals surface area contributed by atoms with E-state index in [9.17, 15) is 0 Å². The minimum Gasteiger partial charge on any atom is -0.380 e. The van der Waals surface area contributed by atoms with Crippen LogP contribution in [0.15, 0.2) is 12.3 Å². The number of ether oxygens (including phenoxy) is 1. The third kappa shape index (κ3) is 3.74. The third-order valence-corrected chi connectivity index (χ3v) is 4.80. The predicted octanol–water partition coefficient (Wildman–Crippen LogP) is 1.72. The molecular formula is C17H25N7O. The van der Waals surface area contributed by atoms with Gasteiger partial charge in [0.05, 0.1) is 6.61 Å². The number of hydrogen-bond acceptors (Lipinski definition) is 7. The lowest BCUT2D eigenvalue weighted by Gasteiger charge is -2.32. The van der Waals surface area contributed by atoms with Crippen molar-refractivity contribution in [1.82, 2.24) is 25.1 Å².